The van der Waals surface area contributed by atoms with E-state index in [1.54, 1.807) is 4.90 Å². The van der Waals surface area contributed by atoms with Crippen LogP contribution in [-0.4, -0.2) is 87.3 Å². The lowest BCUT2D eigenvalue weighted by atomic mass is 9.83. The summed E-state index contributed by atoms with van der Waals surface area (Å²) >= 11 is 12.0. The number of phenolic OH excluding ortho intramolecular Hbond substituents is 1. The molecule has 1 aromatic rings. The first-order chi connectivity index (χ1) is 20.3. The quantitative estimate of drug-likeness (QED) is 0.0950. The number of rotatable bonds is 13. The van der Waals surface area contributed by atoms with Crippen molar-refractivity contribution in [2.75, 3.05) is 13.1 Å². The number of hydrogen-bond acceptors (Lipinski definition) is 7. The van der Waals surface area contributed by atoms with Crippen molar-refractivity contribution in [2.24, 2.45) is 28.3 Å². The molecule has 1 heterocycles. The molecule has 7 atom stereocenters. The zero-order valence-electron chi connectivity index (χ0n) is 24.6. The summed E-state index contributed by atoms with van der Waals surface area (Å²) in [6.45, 7) is 4.54. The van der Waals surface area contributed by atoms with Crippen LogP contribution >= 0.6 is 23.2 Å². The summed E-state index contributed by atoms with van der Waals surface area (Å²) in [6.07, 6.45) is 1.72. The van der Waals surface area contributed by atoms with Crippen molar-refractivity contribution in [3.8, 4) is 5.75 Å². The van der Waals surface area contributed by atoms with Gasteiger partial charge in [-0.1, -0.05) is 43.5 Å². The monoisotopic (exact) mass is 642 g/mol. The fourth-order valence-electron chi connectivity index (χ4n) is 5.90. The lowest BCUT2D eigenvalue weighted by Gasteiger charge is -2.38. The van der Waals surface area contributed by atoms with Crippen molar-refractivity contribution >= 4 is 46.9 Å². The van der Waals surface area contributed by atoms with E-state index in [1.165, 1.54) is 12.1 Å². The molecule has 9 N–H and O–H groups in total. The van der Waals surface area contributed by atoms with E-state index in [1.807, 2.05) is 13.8 Å². The number of benzene rings is 1. The molecular weight excluding hydrogens is 599 g/mol. The molecule has 14 heteroatoms. The third-order valence-corrected chi connectivity index (χ3v) is 9.04. The molecule has 1 saturated heterocycles. The second-order valence-electron chi connectivity index (χ2n) is 11.6. The van der Waals surface area contributed by atoms with Crippen LogP contribution in [0.1, 0.15) is 64.4 Å². The minimum absolute atomic E-state index is 0.0126. The van der Waals surface area contributed by atoms with Gasteiger partial charge in [0.15, 0.2) is 11.7 Å². The van der Waals surface area contributed by atoms with Crippen LogP contribution in [0.3, 0.4) is 0 Å². The molecule has 3 rings (SSSR count). The molecule has 1 aliphatic carbocycles. The number of aliphatic imine (C=N–C) groups is 1. The zero-order valence-corrected chi connectivity index (χ0v) is 26.2. The number of guanidine groups is 1. The van der Waals surface area contributed by atoms with Gasteiger partial charge in [-0.3, -0.25) is 19.4 Å². The lowest BCUT2D eigenvalue weighted by Crippen LogP contribution is -2.59. The third-order valence-electron chi connectivity index (χ3n) is 8.47. The summed E-state index contributed by atoms with van der Waals surface area (Å²) in [5.74, 6) is -2.01. The number of likely N-dealkylation sites (tertiary alicyclic amines) is 1. The number of aliphatic hydroxyl groups excluding tert-OH is 2. The van der Waals surface area contributed by atoms with Gasteiger partial charge in [0.2, 0.25) is 17.7 Å². The molecule has 2 aliphatic rings. The number of aromatic hydroxyl groups is 1. The van der Waals surface area contributed by atoms with Crippen molar-refractivity contribution < 1.29 is 29.7 Å². The Labute approximate surface area is 262 Å². The molecule has 43 heavy (non-hydrogen) atoms. The molecule has 0 radical (unpaired) electrons. The van der Waals surface area contributed by atoms with Crippen molar-refractivity contribution in [3.05, 3.63) is 27.7 Å². The molecule has 7 unspecified atom stereocenters. The normalized spacial score (nSPS) is 23.5. The average Bonchev–Trinajstić information content (AvgIpc) is 3.33. The fourth-order valence-corrected chi connectivity index (χ4v) is 6.44. The molecule has 1 aromatic carbocycles. The summed E-state index contributed by atoms with van der Waals surface area (Å²) in [7, 11) is 0. The van der Waals surface area contributed by atoms with E-state index in [2.05, 4.69) is 15.6 Å². The van der Waals surface area contributed by atoms with Gasteiger partial charge in [-0.15, -0.1) is 0 Å². The topological polar surface area (TPSA) is 204 Å². The molecule has 240 valence electrons. The van der Waals surface area contributed by atoms with E-state index in [0.717, 1.165) is 0 Å². The number of hydrogen-bond donors (Lipinski definition) is 7. The highest BCUT2D eigenvalue weighted by Crippen LogP contribution is 2.41. The van der Waals surface area contributed by atoms with E-state index in [-0.39, 0.29) is 52.0 Å². The number of halogens is 2. The van der Waals surface area contributed by atoms with E-state index < -0.39 is 36.1 Å². The van der Waals surface area contributed by atoms with Gasteiger partial charge in [0.05, 0.1) is 16.1 Å². The van der Waals surface area contributed by atoms with Crippen LogP contribution in [0.15, 0.2) is 17.1 Å². The van der Waals surface area contributed by atoms with Gasteiger partial charge in [0, 0.05) is 25.6 Å². The molecule has 0 bridgehead atoms. The first-order valence-electron chi connectivity index (χ1n) is 14.8. The Morgan fingerprint density at radius 3 is 2.44 bits per heavy atom. The van der Waals surface area contributed by atoms with E-state index in [9.17, 15) is 29.7 Å². The number of carbonyl (C=O) groups excluding carboxylic acids is 3. The predicted octanol–water partition coefficient (Wildman–Crippen LogP) is 1.43. The smallest absolute Gasteiger partial charge is 0.249 e. The van der Waals surface area contributed by atoms with Gasteiger partial charge in [-0.2, -0.15) is 0 Å². The highest BCUT2D eigenvalue weighted by Gasteiger charge is 2.50. The highest BCUT2D eigenvalue weighted by molar-refractivity contribution is 6.37. The summed E-state index contributed by atoms with van der Waals surface area (Å²) in [5, 5.41) is 36.6. The van der Waals surface area contributed by atoms with Crippen LogP contribution in [0.5, 0.6) is 5.75 Å². The van der Waals surface area contributed by atoms with Gasteiger partial charge < -0.3 is 42.3 Å². The number of carbonyl (C=O) groups is 3. The lowest BCUT2D eigenvalue weighted by molar-refractivity contribution is -0.146. The minimum Gasteiger partial charge on any atom is -0.505 e. The number of phenols is 1. The second kappa shape index (κ2) is 15.8. The summed E-state index contributed by atoms with van der Waals surface area (Å²) < 4.78 is 0. The third kappa shape index (κ3) is 9.10. The Balaban J connectivity index is 1.76. The number of nitrogens with zero attached hydrogens (tertiary/aromatic N) is 2. The summed E-state index contributed by atoms with van der Waals surface area (Å²) in [5.41, 5.74) is 11.1. The first kappa shape index (κ1) is 34.7. The van der Waals surface area contributed by atoms with Crippen LogP contribution < -0.4 is 22.1 Å². The molecule has 1 saturated carbocycles. The number of unbranched alkanes of at least 4 members (excludes halogenated alkanes) is 1. The van der Waals surface area contributed by atoms with E-state index >= 15 is 0 Å². The Morgan fingerprint density at radius 2 is 1.81 bits per heavy atom. The average molecular weight is 644 g/mol. The maximum atomic E-state index is 14.2. The predicted molar refractivity (Wildman–Crippen MR) is 165 cm³/mol. The number of nitrogens with two attached hydrogens (primary N) is 2. The molecule has 3 amide bonds. The Kier molecular flexibility index (Phi) is 12.7. The minimum atomic E-state index is -1.53. The van der Waals surface area contributed by atoms with Crippen LogP contribution in [0.4, 0.5) is 0 Å². The van der Waals surface area contributed by atoms with Gasteiger partial charge in [0.1, 0.15) is 18.2 Å². The molecule has 2 fully saturated rings. The van der Waals surface area contributed by atoms with Crippen LogP contribution in [0.25, 0.3) is 0 Å². The standard InChI is InChI=1S/C29H44Cl2N6O6/c1-3-15(2)24(36-27(42)23(39)12-16-10-19(30)25(40)20(31)11-16)28(43)37-21-14-18(38)7-6-17(21)13-22(37)26(41)34-8-4-5-9-35-29(32)33/h10-11,15,17-18,21-24,38-40H,3-9,12-14H2,1-2H3,(H,34,41)(H,36,42)(H4,32,33,35). The molecule has 0 aromatic heterocycles. The Bertz CT molecular complexity index is 1160. The van der Waals surface area contributed by atoms with Gasteiger partial charge in [-0.25, -0.2) is 0 Å². The number of nitrogens with one attached hydrogen (secondary N) is 2. The van der Waals surface area contributed by atoms with Crippen LogP contribution in [0, 0.1) is 11.8 Å². The SMILES string of the molecule is CCC(C)C(NC(=O)C(O)Cc1cc(Cl)c(O)c(Cl)c1)C(=O)N1C(C(=O)NCCCCN=C(N)N)CC2CCC(O)CC21. The van der Waals surface area contributed by atoms with Crippen LogP contribution in [0.2, 0.25) is 10.0 Å². The molecular formula is C29H44Cl2N6O6. The van der Waals surface area contributed by atoms with Gasteiger partial charge >= 0.3 is 0 Å². The van der Waals surface area contributed by atoms with Gasteiger partial charge in [-0.05, 0) is 68.1 Å². The van der Waals surface area contributed by atoms with Gasteiger partial charge in [0.25, 0.3) is 0 Å². The van der Waals surface area contributed by atoms with E-state index in [4.69, 9.17) is 34.7 Å². The first-order valence-corrected chi connectivity index (χ1v) is 15.6. The number of aliphatic hydroxyl groups is 2. The zero-order chi connectivity index (χ0) is 31.8. The van der Waals surface area contributed by atoms with E-state index in [0.29, 0.717) is 63.6 Å². The Morgan fingerprint density at radius 1 is 1.14 bits per heavy atom. The van der Waals surface area contributed by atoms with Crippen molar-refractivity contribution in [2.45, 2.75) is 95.5 Å². The number of fused-ring (bicyclic) bond motifs is 1. The summed E-state index contributed by atoms with van der Waals surface area (Å²) in [6, 6.07) is 0.703. The number of amides is 3. The maximum absolute atomic E-state index is 14.2. The molecule has 1 aliphatic heterocycles. The summed E-state index contributed by atoms with van der Waals surface area (Å²) in [4.78, 5) is 46.3. The molecule has 12 nitrogen and oxygen atoms in total. The molecule has 0 spiro atoms. The van der Waals surface area contributed by atoms with Crippen LogP contribution in [-0.2, 0) is 20.8 Å². The fraction of sp³-hybridized carbons (Fsp3) is 0.655. The largest absolute Gasteiger partial charge is 0.505 e. The van der Waals surface area contributed by atoms with Crippen molar-refractivity contribution in [1.29, 1.82) is 0 Å². The highest BCUT2D eigenvalue weighted by atomic mass is 35.5. The maximum Gasteiger partial charge on any atom is 0.249 e. The Hall–Kier alpha value is -2.80. The van der Waals surface area contributed by atoms with Crippen molar-refractivity contribution in [3.63, 3.8) is 0 Å². The van der Waals surface area contributed by atoms with Crippen molar-refractivity contribution in [1.82, 2.24) is 15.5 Å². The second-order valence-corrected chi connectivity index (χ2v) is 12.4.